The van der Waals surface area contributed by atoms with Crippen LogP contribution in [-0.2, 0) is 33.7 Å². The minimum absolute atomic E-state index is 0.00527. The highest BCUT2D eigenvalue weighted by Gasteiger charge is 2.41. The monoisotopic (exact) mass is 850 g/mol. The van der Waals surface area contributed by atoms with Crippen LogP contribution in [0.4, 0.5) is 24.1 Å². The molecule has 0 fully saturated rings. The fourth-order valence-corrected chi connectivity index (χ4v) is 8.11. The maximum atomic E-state index is 13.9. The van der Waals surface area contributed by atoms with Crippen LogP contribution in [0, 0.1) is 12.8 Å². The largest absolute Gasteiger partial charge is 0.466 e. The van der Waals surface area contributed by atoms with Crippen molar-refractivity contribution in [2.75, 3.05) is 23.4 Å². The van der Waals surface area contributed by atoms with E-state index in [0.717, 1.165) is 21.3 Å². The summed E-state index contributed by atoms with van der Waals surface area (Å²) in [5, 5.41) is 3.50. The van der Waals surface area contributed by atoms with Gasteiger partial charge in [0.25, 0.3) is 5.91 Å². The van der Waals surface area contributed by atoms with Crippen molar-refractivity contribution in [3.63, 3.8) is 0 Å². The van der Waals surface area contributed by atoms with E-state index in [1.165, 1.54) is 11.3 Å². The van der Waals surface area contributed by atoms with Gasteiger partial charge in [0.05, 0.1) is 29.2 Å². The molecule has 4 aromatic carbocycles. The molecule has 1 atom stereocenters. The zero-order valence-corrected chi connectivity index (χ0v) is 35.2. The quantitative estimate of drug-likeness (QED) is 0.120. The number of hydrogen-bond donors (Lipinski definition) is 1. The number of pyridine rings is 1. The molecule has 1 aliphatic heterocycles. The van der Waals surface area contributed by atoms with E-state index in [2.05, 4.69) is 10.3 Å². The minimum atomic E-state index is -4.58. The summed E-state index contributed by atoms with van der Waals surface area (Å²) in [6.07, 6.45) is -5.08. The molecule has 1 aliphatic rings. The Hall–Kier alpha value is -6.28. The zero-order chi connectivity index (χ0) is 43.5. The second-order valence-corrected chi connectivity index (χ2v) is 16.8. The molecule has 1 amide bonds. The second kappa shape index (κ2) is 17.7. The maximum Gasteiger partial charge on any atom is 0.392 e. The number of nitrogens with zero attached hydrogens (tertiary/aromatic N) is 3. The first-order valence-electron chi connectivity index (χ1n) is 19.9. The van der Waals surface area contributed by atoms with Crippen molar-refractivity contribution >= 4 is 50.3 Å². The number of esters is 2. The molecule has 0 saturated carbocycles. The number of carbonyl (C=O) groups excluding carboxylic acids is 3. The number of fused-ring (bicyclic) bond motifs is 2. The Labute approximate surface area is 355 Å². The van der Waals surface area contributed by atoms with Crippen LogP contribution in [0.2, 0.25) is 0 Å². The highest BCUT2D eigenvalue weighted by Crippen LogP contribution is 2.38. The molecule has 6 aromatic rings. The number of hydrogen-bond acceptors (Lipinski definition) is 10. The molecule has 7 rings (SSSR count). The van der Waals surface area contributed by atoms with E-state index in [1.54, 1.807) is 70.2 Å². The third-order valence-electron chi connectivity index (χ3n) is 10.2. The fraction of sp³-hybridized carbons (Fsp3) is 0.298. The Morgan fingerprint density at radius 3 is 2.36 bits per heavy atom. The van der Waals surface area contributed by atoms with Gasteiger partial charge in [0.2, 0.25) is 0 Å². The topological polar surface area (TPSA) is 120 Å². The molecule has 316 valence electrons. The van der Waals surface area contributed by atoms with E-state index in [4.69, 9.17) is 19.2 Å². The van der Waals surface area contributed by atoms with Crippen LogP contribution in [0.3, 0.4) is 0 Å². The van der Waals surface area contributed by atoms with Gasteiger partial charge in [-0.25, -0.2) is 14.8 Å². The summed E-state index contributed by atoms with van der Waals surface area (Å²) in [5.41, 5.74) is 4.82. The van der Waals surface area contributed by atoms with Gasteiger partial charge in [0.15, 0.2) is 10.8 Å². The smallest absolute Gasteiger partial charge is 0.392 e. The average Bonchev–Trinajstić information content (AvgIpc) is 3.63. The molecule has 2 aromatic heterocycles. The predicted molar refractivity (Wildman–Crippen MR) is 229 cm³/mol. The van der Waals surface area contributed by atoms with E-state index in [0.29, 0.717) is 69.8 Å². The lowest BCUT2D eigenvalue weighted by molar-refractivity contribution is -0.184. The van der Waals surface area contributed by atoms with Crippen molar-refractivity contribution in [1.82, 2.24) is 9.97 Å². The Bertz CT molecular complexity index is 2550. The number of halogens is 3. The van der Waals surface area contributed by atoms with Crippen molar-refractivity contribution < 1.29 is 41.8 Å². The third kappa shape index (κ3) is 10.2. The van der Waals surface area contributed by atoms with E-state index in [-0.39, 0.29) is 24.6 Å². The van der Waals surface area contributed by atoms with Gasteiger partial charge < -0.3 is 19.1 Å². The Kier molecular flexibility index (Phi) is 12.5. The van der Waals surface area contributed by atoms with Crippen molar-refractivity contribution in [1.29, 1.82) is 0 Å². The average molecular weight is 851 g/mol. The zero-order valence-electron chi connectivity index (χ0n) is 34.4. The molecule has 0 spiro atoms. The summed E-state index contributed by atoms with van der Waals surface area (Å²) < 4.78 is 59.2. The summed E-state index contributed by atoms with van der Waals surface area (Å²) in [5.74, 6) is -2.26. The highest BCUT2D eigenvalue weighted by atomic mass is 32.1. The van der Waals surface area contributed by atoms with Crippen LogP contribution in [0.1, 0.15) is 77.2 Å². The maximum absolute atomic E-state index is 13.9. The van der Waals surface area contributed by atoms with Crippen LogP contribution >= 0.6 is 11.3 Å². The molecule has 1 N–H and O–H groups in total. The first-order chi connectivity index (χ1) is 29.1. The van der Waals surface area contributed by atoms with Gasteiger partial charge in [0.1, 0.15) is 22.9 Å². The SMILES string of the molecule is CCOC(=O)C[C@H](Cc1ccc(Oc2cccc(-c3ccc(N4CCc5cccc(C(=O)Nc6nc7ccccc7s6)c5C4)nc3C(=O)OC(C)(C)C)c2C)cc1)C(F)(F)F. The molecule has 0 radical (unpaired) electrons. The Balaban J connectivity index is 1.13. The number of amides is 1. The van der Waals surface area contributed by atoms with Gasteiger partial charge in [-0.05, 0) is 124 Å². The van der Waals surface area contributed by atoms with E-state index >= 15 is 0 Å². The van der Waals surface area contributed by atoms with Gasteiger partial charge in [-0.2, -0.15) is 13.2 Å². The number of alkyl halides is 3. The first-order valence-corrected chi connectivity index (χ1v) is 20.7. The number of nitrogens with one attached hydrogen (secondary N) is 1. The molecule has 0 saturated heterocycles. The minimum Gasteiger partial charge on any atom is -0.466 e. The van der Waals surface area contributed by atoms with E-state index in [9.17, 15) is 27.6 Å². The van der Waals surface area contributed by atoms with Crippen LogP contribution in [0.5, 0.6) is 11.5 Å². The Morgan fingerprint density at radius 1 is 0.885 bits per heavy atom. The number of rotatable bonds is 12. The molecule has 10 nitrogen and oxygen atoms in total. The lowest BCUT2D eigenvalue weighted by Crippen LogP contribution is -2.33. The highest BCUT2D eigenvalue weighted by molar-refractivity contribution is 7.22. The summed E-state index contributed by atoms with van der Waals surface area (Å²) in [6.45, 7) is 9.72. The van der Waals surface area contributed by atoms with Crippen LogP contribution < -0.4 is 15.0 Å². The van der Waals surface area contributed by atoms with Gasteiger partial charge in [0, 0.05) is 24.2 Å². The van der Waals surface area contributed by atoms with Crippen LogP contribution in [-0.4, -0.2) is 52.7 Å². The van der Waals surface area contributed by atoms with Crippen LogP contribution in [0.15, 0.2) is 97.1 Å². The summed E-state index contributed by atoms with van der Waals surface area (Å²) in [7, 11) is 0. The number of thiazole rings is 1. The van der Waals surface area contributed by atoms with Gasteiger partial charge in [-0.3, -0.25) is 14.9 Å². The predicted octanol–water partition coefficient (Wildman–Crippen LogP) is 10.9. The molecule has 0 aliphatic carbocycles. The van der Waals surface area contributed by atoms with Crippen LogP contribution in [0.25, 0.3) is 21.3 Å². The number of ether oxygens (including phenoxy) is 3. The van der Waals surface area contributed by atoms with Gasteiger partial charge >= 0.3 is 18.1 Å². The van der Waals surface area contributed by atoms with E-state index < -0.39 is 36.1 Å². The number of carbonyl (C=O) groups is 3. The lowest BCUT2D eigenvalue weighted by atomic mass is 9.94. The normalized spacial score (nSPS) is 13.3. The third-order valence-corrected chi connectivity index (χ3v) is 11.2. The van der Waals surface area contributed by atoms with Crippen molar-refractivity contribution in [3.05, 3.63) is 131 Å². The fourth-order valence-electron chi connectivity index (χ4n) is 7.25. The summed E-state index contributed by atoms with van der Waals surface area (Å²) >= 11 is 1.41. The lowest BCUT2D eigenvalue weighted by Gasteiger charge is -2.31. The molecule has 61 heavy (non-hydrogen) atoms. The van der Waals surface area contributed by atoms with Crippen molar-refractivity contribution in [2.24, 2.45) is 5.92 Å². The van der Waals surface area contributed by atoms with E-state index in [1.807, 2.05) is 66.4 Å². The molecule has 0 unspecified atom stereocenters. The Morgan fingerprint density at radius 2 is 1.64 bits per heavy atom. The molecular formula is C47H45F3N4O6S. The molecule has 3 heterocycles. The number of para-hydroxylation sites is 1. The van der Waals surface area contributed by atoms with Crippen molar-refractivity contribution in [3.8, 4) is 22.6 Å². The molecule has 0 bridgehead atoms. The number of benzene rings is 4. The summed E-state index contributed by atoms with van der Waals surface area (Å²) in [6, 6.07) is 28.7. The van der Waals surface area contributed by atoms with Gasteiger partial charge in [-0.15, -0.1) is 0 Å². The number of anilines is 2. The standard InChI is InChI=1S/C47H45F3N4O6S/c1-6-58-41(55)26-31(47(48,49)50)25-29-17-19-32(20-18-29)59-38-15-10-12-33(28(38)2)34-21-22-40(52-42(34)44(57)60-46(3,4)5)54-24-23-30-11-9-13-35(36(30)27-54)43(56)53-45-51-37-14-7-8-16-39(37)61-45/h7-22,31H,6,23-27H2,1-5H3,(H,51,53,56)/t31-/m0/s1. The van der Waals surface area contributed by atoms with Crippen molar-refractivity contribution in [2.45, 2.75) is 72.2 Å². The van der Waals surface area contributed by atoms with Gasteiger partial charge in [-0.1, -0.05) is 59.9 Å². The molecule has 14 heteroatoms. The first kappa shape index (κ1) is 42.8. The second-order valence-electron chi connectivity index (χ2n) is 15.7. The molecular weight excluding hydrogens is 806 g/mol. The summed E-state index contributed by atoms with van der Waals surface area (Å²) in [4.78, 5) is 51.0. The number of aromatic nitrogens is 2.